The Kier molecular flexibility index (Phi) is 7.87. The number of rotatable bonds is 8. The average molecular weight is 492 g/mol. The molecule has 0 saturated carbocycles. The van der Waals surface area contributed by atoms with Crippen molar-refractivity contribution < 1.29 is 17.9 Å². The molecule has 0 aromatic carbocycles. The van der Waals surface area contributed by atoms with E-state index in [-0.39, 0.29) is 11.7 Å². The zero-order chi connectivity index (χ0) is 24.8. The van der Waals surface area contributed by atoms with E-state index in [4.69, 9.17) is 10.00 Å². The highest BCUT2D eigenvalue weighted by atomic mass is 19.4. The Morgan fingerprint density at radius 3 is 2.66 bits per heavy atom. The third kappa shape index (κ3) is 6.10. The smallest absolute Gasteiger partial charge is 0.379 e. The van der Waals surface area contributed by atoms with Crippen LogP contribution < -0.4 is 15.4 Å². The third-order valence-corrected chi connectivity index (χ3v) is 6.45. The number of alkyl halides is 3. The third-order valence-electron chi connectivity index (χ3n) is 6.45. The van der Waals surface area contributed by atoms with E-state index in [0.29, 0.717) is 31.7 Å². The first kappa shape index (κ1) is 24.9. The van der Waals surface area contributed by atoms with Gasteiger partial charge in [-0.1, -0.05) is 0 Å². The van der Waals surface area contributed by atoms with Crippen LogP contribution in [0, 0.1) is 11.3 Å². The standard InChI is InChI=1S/C23H28F3N7O2/c24-23(25,26)21-19(15-29-30-22(21)34)33-7-1-3-18(33)16-35-12-2-6-31-8-10-32(11-9-31)20-5-4-17(13-27)14-28-20/h4-5,14-15,18H,1-3,6-12,16H2,(H,30,34)/t18-/m0/s1. The number of nitrogens with one attached hydrogen (secondary N) is 1. The molecule has 2 aliphatic heterocycles. The zero-order valence-corrected chi connectivity index (χ0v) is 19.3. The second kappa shape index (κ2) is 11.0. The van der Waals surface area contributed by atoms with E-state index >= 15 is 0 Å². The number of aromatic amines is 1. The monoisotopic (exact) mass is 491 g/mol. The van der Waals surface area contributed by atoms with E-state index in [0.717, 1.165) is 57.6 Å². The Hall–Kier alpha value is -3.17. The maximum atomic E-state index is 13.4. The number of aromatic nitrogens is 3. The lowest BCUT2D eigenvalue weighted by Crippen LogP contribution is -2.47. The fraction of sp³-hybridized carbons (Fsp3) is 0.565. The number of piperazine rings is 1. The minimum absolute atomic E-state index is 0.179. The Labute approximate surface area is 201 Å². The molecule has 4 heterocycles. The van der Waals surface area contributed by atoms with Gasteiger partial charge in [-0.25, -0.2) is 10.1 Å². The summed E-state index contributed by atoms with van der Waals surface area (Å²) in [5.41, 5.74) is -2.06. The summed E-state index contributed by atoms with van der Waals surface area (Å²) in [4.78, 5) is 22.3. The normalized spacial score (nSPS) is 19.2. The first-order valence-electron chi connectivity index (χ1n) is 11.7. The molecule has 0 aliphatic carbocycles. The molecule has 2 saturated heterocycles. The van der Waals surface area contributed by atoms with Gasteiger partial charge in [-0.05, 0) is 31.4 Å². The molecule has 0 bridgehead atoms. The highest BCUT2D eigenvalue weighted by molar-refractivity contribution is 5.54. The summed E-state index contributed by atoms with van der Waals surface area (Å²) in [5, 5.41) is 14.4. The van der Waals surface area contributed by atoms with Crippen molar-refractivity contribution in [3.8, 4) is 6.07 Å². The molecule has 2 aliphatic rings. The number of halogens is 3. The number of pyridine rings is 1. The molecule has 0 radical (unpaired) electrons. The molecule has 12 heteroatoms. The van der Waals surface area contributed by atoms with Gasteiger partial charge >= 0.3 is 6.18 Å². The summed E-state index contributed by atoms with van der Waals surface area (Å²) >= 11 is 0. The zero-order valence-electron chi connectivity index (χ0n) is 19.3. The minimum atomic E-state index is -4.75. The number of nitriles is 1. The summed E-state index contributed by atoms with van der Waals surface area (Å²) < 4.78 is 46.2. The van der Waals surface area contributed by atoms with Crippen LogP contribution in [0.5, 0.6) is 0 Å². The Balaban J connectivity index is 1.20. The molecule has 2 aromatic rings. The fourth-order valence-corrected chi connectivity index (χ4v) is 4.66. The molecule has 1 atom stereocenters. The second-order valence-electron chi connectivity index (χ2n) is 8.72. The van der Waals surface area contributed by atoms with Gasteiger partial charge in [0.2, 0.25) is 0 Å². The van der Waals surface area contributed by atoms with Crippen LogP contribution in [0.4, 0.5) is 24.7 Å². The Morgan fingerprint density at radius 1 is 1.17 bits per heavy atom. The van der Waals surface area contributed by atoms with Crippen molar-refractivity contribution in [2.75, 3.05) is 62.3 Å². The van der Waals surface area contributed by atoms with Crippen LogP contribution in [0.2, 0.25) is 0 Å². The molecule has 0 unspecified atom stereocenters. The van der Waals surface area contributed by atoms with Gasteiger partial charge < -0.3 is 14.5 Å². The number of H-pyrrole nitrogens is 1. The molecule has 0 spiro atoms. The molecular weight excluding hydrogens is 463 g/mol. The van der Waals surface area contributed by atoms with E-state index in [1.54, 1.807) is 17.2 Å². The second-order valence-corrected chi connectivity index (χ2v) is 8.72. The molecule has 0 amide bonds. The summed E-state index contributed by atoms with van der Waals surface area (Å²) in [6, 6.07) is 5.49. The topological polar surface area (TPSA) is 101 Å². The van der Waals surface area contributed by atoms with E-state index in [2.05, 4.69) is 26.0 Å². The Bertz CT molecular complexity index is 1080. The van der Waals surface area contributed by atoms with E-state index in [1.807, 2.05) is 11.2 Å². The molecule has 2 aromatic heterocycles. The van der Waals surface area contributed by atoms with Crippen molar-refractivity contribution in [3.05, 3.63) is 46.0 Å². The van der Waals surface area contributed by atoms with Crippen LogP contribution >= 0.6 is 0 Å². The van der Waals surface area contributed by atoms with Crippen molar-refractivity contribution in [1.82, 2.24) is 20.1 Å². The highest BCUT2D eigenvalue weighted by Crippen LogP contribution is 2.36. The lowest BCUT2D eigenvalue weighted by Gasteiger charge is -2.35. The van der Waals surface area contributed by atoms with Crippen LogP contribution in [0.1, 0.15) is 30.4 Å². The van der Waals surface area contributed by atoms with Gasteiger partial charge in [-0.15, -0.1) is 0 Å². The van der Waals surface area contributed by atoms with Gasteiger partial charge in [0.1, 0.15) is 17.5 Å². The molecule has 188 valence electrons. The van der Waals surface area contributed by atoms with Gasteiger partial charge in [0.15, 0.2) is 0 Å². The number of hydrogen-bond acceptors (Lipinski definition) is 8. The van der Waals surface area contributed by atoms with E-state index in [9.17, 15) is 18.0 Å². The molecule has 2 fully saturated rings. The molecule has 1 N–H and O–H groups in total. The first-order chi connectivity index (χ1) is 16.9. The van der Waals surface area contributed by atoms with Gasteiger partial charge in [-0.3, -0.25) is 9.69 Å². The SMILES string of the molecule is N#Cc1ccc(N2CCN(CCCOC[C@@H]3CCCN3c3cn[nH]c(=O)c3C(F)(F)F)CC2)nc1. The number of nitrogens with zero attached hydrogens (tertiary/aromatic N) is 6. The summed E-state index contributed by atoms with van der Waals surface area (Å²) in [5.74, 6) is 0.873. The van der Waals surface area contributed by atoms with Crippen molar-refractivity contribution in [2.24, 2.45) is 0 Å². The maximum Gasteiger partial charge on any atom is 0.423 e. The number of ether oxygens (including phenoxy) is 1. The van der Waals surface area contributed by atoms with Gasteiger partial charge in [0.05, 0.1) is 30.1 Å². The van der Waals surface area contributed by atoms with E-state index in [1.165, 1.54) is 0 Å². The van der Waals surface area contributed by atoms with Crippen molar-refractivity contribution in [3.63, 3.8) is 0 Å². The summed E-state index contributed by atoms with van der Waals surface area (Å²) in [6.45, 7) is 5.62. The summed E-state index contributed by atoms with van der Waals surface area (Å²) in [7, 11) is 0. The van der Waals surface area contributed by atoms with Gasteiger partial charge in [-0.2, -0.15) is 23.5 Å². The van der Waals surface area contributed by atoms with Gasteiger partial charge in [0.25, 0.3) is 5.56 Å². The average Bonchev–Trinajstić information content (AvgIpc) is 3.32. The largest absolute Gasteiger partial charge is 0.423 e. The first-order valence-corrected chi connectivity index (χ1v) is 11.7. The lowest BCUT2D eigenvalue weighted by atomic mass is 10.2. The maximum absolute atomic E-state index is 13.4. The van der Waals surface area contributed by atoms with E-state index < -0.39 is 17.3 Å². The minimum Gasteiger partial charge on any atom is -0.379 e. The number of hydrogen-bond donors (Lipinski definition) is 1. The molecule has 35 heavy (non-hydrogen) atoms. The van der Waals surface area contributed by atoms with Crippen LogP contribution in [-0.2, 0) is 10.9 Å². The van der Waals surface area contributed by atoms with Crippen molar-refractivity contribution in [2.45, 2.75) is 31.5 Å². The molecule has 4 rings (SSSR count). The predicted octanol–water partition coefficient (Wildman–Crippen LogP) is 2.25. The van der Waals surface area contributed by atoms with Crippen molar-refractivity contribution in [1.29, 1.82) is 5.26 Å². The quantitative estimate of drug-likeness (QED) is 0.562. The summed E-state index contributed by atoms with van der Waals surface area (Å²) in [6.07, 6.45) is 0.171. The fourth-order valence-electron chi connectivity index (χ4n) is 4.66. The predicted molar refractivity (Wildman–Crippen MR) is 123 cm³/mol. The van der Waals surface area contributed by atoms with Crippen LogP contribution in [0.15, 0.2) is 29.3 Å². The van der Waals surface area contributed by atoms with Crippen molar-refractivity contribution >= 4 is 11.5 Å². The lowest BCUT2D eigenvalue weighted by molar-refractivity contribution is -0.138. The Morgan fingerprint density at radius 2 is 1.97 bits per heavy atom. The van der Waals surface area contributed by atoms with Gasteiger partial charge in [0, 0.05) is 52.1 Å². The van der Waals surface area contributed by atoms with Crippen LogP contribution in [-0.4, -0.2) is 78.6 Å². The van der Waals surface area contributed by atoms with Crippen LogP contribution in [0.3, 0.4) is 0 Å². The molecule has 9 nitrogen and oxygen atoms in total. The number of anilines is 2. The molecular formula is C23H28F3N7O2. The highest BCUT2D eigenvalue weighted by Gasteiger charge is 2.40. The van der Waals surface area contributed by atoms with Crippen LogP contribution in [0.25, 0.3) is 0 Å².